The highest BCUT2D eigenvalue weighted by Crippen LogP contribution is 1.94. The van der Waals surface area contributed by atoms with Gasteiger partial charge in [-0.1, -0.05) is 12.2 Å². The summed E-state index contributed by atoms with van der Waals surface area (Å²) in [5.41, 5.74) is 0.774. The fourth-order valence-corrected chi connectivity index (χ4v) is 0.750. The van der Waals surface area contributed by atoms with Crippen LogP contribution in [0.1, 0.15) is 6.92 Å². The monoisotopic (exact) mass is 180 g/mol. The highest BCUT2D eigenvalue weighted by atomic mass is 32.2. The van der Waals surface area contributed by atoms with Crippen LogP contribution in [0.5, 0.6) is 0 Å². The van der Waals surface area contributed by atoms with E-state index in [-0.39, 0.29) is 6.61 Å². The van der Waals surface area contributed by atoms with E-state index < -0.39 is 16.1 Å². The lowest BCUT2D eigenvalue weighted by Gasteiger charge is -2.02. The van der Waals surface area contributed by atoms with Crippen LogP contribution >= 0.6 is 0 Å². The number of hydrogen-bond donors (Lipinski definition) is 0. The fourth-order valence-electron chi connectivity index (χ4n) is 0.366. The molecule has 0 rings (SSSR count). The molecule has 0 aromatic rings. The van der Waals surface area contributed by atoms with E-state index in [9.17, 15) is 8.42 Å². The standard InChI is InChI=1S/C6H12O4S/c1-6(2)4-10-5-11(7,8)9-3/h1,4-5H2,2-3H3. The molecular formula is C6H12O4S. The van der Waals surface area contributed by atoms with Gasteiger partial charge in [0, 0.05) is 0 Å². The largest absolute Gasteiger partial charge is 0.359 e. The number of hydrogen-bond acceptors (Lipinski definition) is 4. The Hall–Kier alpha value is -0.390. The first-order chi connectivity index (χ1) is 4.98. The highest BCUT2D eigenvalue weighted by Gasteiger charge is 2.07. The highest BCUT2D eigenvalue weighted by molar-refractivity contribution is 7.86. The molecule has 0 unspecified atom stereocenters. The Morgan fingerprint density at radius 3 is 2.45 bits per heavy atom. The lowest BCUT2D eigenvalue weighted by molar-refractivity contribution is 0.191. The fraction of sp³-hybridized carbons (Fsp3) is 0.667. The topological polar surface area (TPSA) is 52.6 Å². The Morgan fingerprint density at radius 2 is 2.09 bits per heavy atom. The number of ether oxygens (including phenoxy) is 1. The lowest BCUT2D eigenvalue weighted by Crippen LogP contribution is -2.11. The molecule has 0 aromatic carbocycles. The maximum Gasteiger partial charge on any atom is 0.291 e. The van der Waals surface area contributed by atoms with Crippen molar-refractivity contribution in [3.8, 4) is 0 Å². The van der Waals surface area contributed by atoms with Crippen LogP contribution in [-0.4, -0.2) is 28.1 Å². The Morgan fingerprint density at radius 1 is 1.55 bits per heavy atom. The second-order valence-corrected chi connectivity index (χ2v) is 3.83. The molecule has 0 aliphatic heterocycles. The second-order valence-electron chi connectivity index (χ2n) is 2.15. The molecular weight excluding hydrogens is 168 g/mol. The van der Waals surface area contributed by atoms with Crippen LogP contribution in [0, 0.1) is 0 Å². The van der Waals surface area contributed by atoms with Crippen LogP contribution < -0.4 is 0 Å². The van der Waals surface area contributed by atoms with Gasteiger partial charge in [-0.15, -0.1) is 0 Å². The molecule has 0 bridgehead atoms. The molecule has 0 amide bonds. The van der Waals surface area contributed by atoms with Gasteiger partial charge in [0.25, 0.3) is 10.1 Å². The molecule has 0 saturated carbocycles. The van der Waals surface area contributed by atoms with Crippen molar-refractivity contribution in [2.75, 3.05) is 19.7 Å². The normalized spacial score (nSPS) is 11.5. The predicted molar refractivity (Wildman–Crippen MR) is 41.6 cm³/mol. The third-order valence-corrected chi connectivity index (χ3v) is 1.79. The van der Waals surface area contributed by atoms with Gasteiger partial charge >= 0.3 is 0 Å². The summed E-state index contributed by atoms with van der Waals surface area (Å²) in [6.45, 7) is 5.53. The zero-order valence-electron chi connectivity index (χ0n) is 6.66. The first kappa shape index (κ1) is 10.6. The summed E-state index contributed by atoms with van der Waals surface area (Å²) in [7, 11) is -2.38. The van der Waals surface area contributed by atoms with E-state index in [1.165, 1.54) is 0 Å². The molecule has 0 aromatic heterocycles. The van der Waals surface area contributed by atoms with Crippen molar-refractivity contribution in [3.63, 3.8) is 0 Å². The second kappa shape index (κ2) is 4.48. The van der Waals surface area contributed by atoms with Crippen LogP contribution in [0.25, 0.3) is 0 Å². The quantitative estimate of drug-likeness (QED) is 0.457. The van der Waals surface area contributed by atoms with Crippen molar-refractivity contribution in [2.45, 2.75) is 6.92 Å². The maximum absolute atomic E-state index is 10.6. The molecule has 0 aliphatic carbocycles. The maximum atomic E-state index is 10.6. The van der Waals surface area contributed by atoms with Crippen LogP contribution in [0.2, 0.25) is 0 Å². The third kappa shape index (κ3) is 6.03. The van der Waals surface area contributed by atoms with Crippen molar-refractivity contribution in [3.05, 3.63) is 12.2 Å². The Kier molecular flexibility index (Phi) is 4.32. The molecule has 0 fully saturated rings. The molecule has 0 spiro atoms. The average Bonchev–Trinajstić information content (AvgIpc) is 1.87. The van der Waals surface area contributed by atoms with Gasteiger partial charge in [0.05, 0.1) is 13.7 Å². The van der Waals surface area contributed by atoms with Gasteiger partial charge in [0.2, 0.25) is 0 Å². The molecule has 0 aliphatic rings. The van der Waals surface area contributed by atoms with Crippen molar-refractivity contribution in [1.29, 1.82) is 0 Å². The van der Waals surface area contributed by atoms with Gasteiger partial charge in [-0.3, -0.25) is 4.18 Å². The average molecular weight is 180 g/mol. The first-order valence-corrected chi connectivity index (χ1v) is 4.56. The molecule has 11 heavy (non-hydrogen) atoms. The van der Waals surface area contributed by atoms with Gasteiger partial charge < -0.3 is 4.74 Å². The van der Waals surface area contributed by atoms with E-state index in [2.05, 4.69) is 10.8 Å². The minimum atomic E-state index is -3.48. The summed E-state index contributed by atoms with van der Waals surface area (Å²) in [5, 5.41) is 0. The van der Waals surface area contributed by atoms with E-state index >= 15 is 0 Å². The van der Waals surface area contributed by atoms with Gasteiger partial charge in [0.15, 0.2) is 5.94 Å². The van der Waals surface area contributed by atoms with E-state index in [1.54, 1.807) is 6.92 Å². The van der Waals surface area contributed by atoms with Crippen molar-refractivity contribution < 1.29 is 17.3 Å². The minimum Gasteiger partial charge on any atom is -0.359 e. The SMILES string of the molecule is C=C(C)COCS(=O)(=O)OC. The van der Waals surface area contributed by atoms with Crippen molar-refractivity contribution in [2.24, 2.45) is 0 Å². The van der Waals surface area contributed by atoms with Crippen LogP contribution in [-0.2, 0) is 19.0 Å². The van der Waals surface area contributed by atoms with E-state index in [4.69, 9.17) is 4.74 Å². The van der Waals surface area contributed by atoms with Crippen molar-refractivity contribution >= 4 is 10.1 Å². The molecule has 0 heterocycles. The summed E-state index contributed by atoms with van der Waals surface area (Å²) >= 11 is 0. The Bertz CT molecular complexity index is 217. The first-order valence-electron chi connectivity index (χ1n) is 2.98. The molecule has 0 atom stereocenters. The molecule has 0 radical (unpaired) electrons. The molecule has 5 heteroatoms. The zero-order chi connectivity index (χ0) is 8.91. The van der Waals surface area contributed by atoms with Gasteiger partial charge in [-0.05, 0) is 6.92 Å². The smallest absolute Gasteiger partial charge is 0.291 e. The molecule has 66 valence electrons. The van der Waals surface area contributed by atoms with Gasteiger partial charge in [-0.2, -0.15) is 8.42 Å². The summed E-state index contributed by atoms with van der Waals surface area (Å²) < 4.78 is 30.1. The lowest BCUT2D eigenvalue weighted by atomic mass is 10.4. The molecule has 0 N–H and O–H groups in total. The Labute approximate surface area is 66.9 Å². The molecule has 0 saturated heterocycles. The van der Waals surface area contributed by atoms with Crippen LogP contribution in [0.4, 0.5) is 0 Å². The molecule has 4 nitrogen and oxygen atoms in total. The van der Waals surface area contributed by atoms with Gasteiger partial charge in [-0.25, -0.2) is 0 Å². The summed E-state index contributed by atoms with van der Waals surface area (Å²) in [6.07, 6.45) is 0. The predicted octanol–water partition coefficient (Wildman–Crippen LogP) is 0.513. The summed E-state index contributed by atoms with van der Waals surface area (Å²) in [6, 6.07) is 0. The van der Waals surface area contributed by atoms with Crippen molar-refractivity contribution in [1.82, 2.24) is 0 Å². The zero-order valence-corrected chi connectivity index (χ0v) is 7.48. The Balaban J connectivity index is 3.63. The minimum absolute atomic E-state index is 0.239. The number of rotatable bonds is 5. The summed E-state index contributed by atoms with van der Waals surface area (Å²) in [4.78, 5) is 0. The van der Waals surface area contributed by atoms with E-state index in [0.717, 1.165) is 12.7 Å². The van der Waals surface area contributed by atoms with Crippen LogP contribution in [0.3, 0.4) is 0 Å². The third-order valence-electron chi connectivity index (χ3n) is 0.830. The summed E-state index contributed by atoms with van der Waals surface area (Å²) in [5.74, 6) is -0.420. The van der Waals surface area contributed by atoms with Gasteiger partial charge in [0.1, 0.15) is 0 Å². The van der Waals surface area contributed by atoms with E-state index in [1.807, 2.05) is 0 Å². The van der Waals surface area contributed by atoms with E-state index in [0.29, 0.717) is 0 Å². The van der Waals surface area contributed by atoms with Crippen LogP contribution in [0.15, 0.2) is 12.2 Å².